The van der Waals surface area contributed by atoms with Crippen LogP contribution in [0.15, 0.2) is 59.6 Å². The van der Waals surface area contributed by atoms with Gasteiger partial charge >= 0.3 is 0 Å². The fourth-order valence-electron chi connectivity index (χ4n) is 4.99. The minimum atomic E-state index is -0.691. The predicted octanol–water partition coefficient (Wildman–Crippen LogP) is 6.48. The van der Waals surface area contributed by atoms with Crippen molar-refractivity contribution >= 4 is 28.4 Å². The number of nitrogens with zero attached hydrogens (tertiary/aromatic N) is 2. The van der Waals surface area contributed by atoms with Crippen LogP contribution in [0.4, 0.5) is 11.4 Å². The van der Waals surface area contributed by atoms with Crippen LogP contribution in [0.1, 0.15) is 40.2 Å². The summed E-state index contributed by atoms with van der Waals surface area (Å²) in [5.41, 5.74) is 2.50. The highest BCUT2D eigenvalue weighted by Gasteiger charge is 2.60. The Balaban J connectivity index is 1.70. The van der Waals surface area contributed by atoms with Crippen LogP contribution in [0, 0.1) is 5.41 Å². The molecule has 160 valence electrons. The Hall–Kier alpha value is -3.01. The minimum Gasteiger partial charge on any atom is -0.497 e. The molecule has 1 spiro atoms. The van der Waals surface area contributed by atoms with E-state index in [1.165, 1.54) is 11.3 Å². The molecule has 0 saturated carbocycles. The molecule has 2 aliphatic rings. The lowest BCUT2D eigenvalue weighted by Crippen LogP contribution is -2.63. The van der Waals surface area contributed by atoms with Gasteiger partial charge in [0.2, 0.25) is 5.72 Å². The summed E-state index contributed by atoms with van der Waals surface area (Å²) in [6, 6.07) is 18.9. The Morgan fingerprint density at radius 1 is 1.03 bits per heavy atom. The molecule has 4 heteroatoms. The highest BCUT2D eigenvalue weighted by Crippen LogP contribution is 2.55. The molecule has 0 fully saturated rings. The molecular formula is C27H30N2O2. The third-order valence-electron chi connectivity index (χ3n) is 6.59. The van der Waals surface area contributed by atoms with Gasteiger partial charge in [-0.05, 0) is 54.5 Å². The number of hydrogen-bond acceptors (Lipinski definition) is 4. The number of fused-ring (bicyclic) bond motifs is 4. The molecule has 5 rings (SSSR count). The molecule has 4 nitrogen and oxygen atoms in total. The predicted molar refractivity (Wildman–Crippen MR) is 128 cm³/mol. The molecule has 3 aromatic carbocycles. The van der Waals surface area contributed by atoms with Crippen LogP contribution in [-0.2, 0) is 5.41 Å². The maximum atomic E-state index is 6.95. The van der Waals surface area contributed by atoms with E-state index >= 15 is 0 Å². The van der Waals surface area contributed by atoms with Crippen molar-refractivity contribution < 1.29 is 9.47 Å². The summed E-state index contributed by atoms with van der Waals surface area (Å²) in [6.45, 7) is 12.2. The quantitative estimate of drug-likeness (QED) is 0.481. The number of para-hydroxylation sites is 1. The maximum absolute atomic E-state index is 6.95. The normalized spacial score (nSPS) is 21.2. The zero-order valence-electron chi connectivity index (χ0n) is 19.2. The first kappa shape index (κ1) is 19.9. The topological polar surface area (TPSA) is 34.1 Å². The molecule has 0 aromatic heterocycles. The van der Waals surface area contributed by atoms with Crippen LogP contribution in [0.25, 0.3) is 10.8 Å². The van der Waals surface area contributed by atoms with E-state index < -0.39 is 5.72 Å². The smallest absolute Gasteiger partial charge is 0.228 e. The van der Waals surface area contributed by atoms with Crippen LogP contribution < -0.4 is 14.4 Å². The SMILES string of the molecule is COc1ccc2ccc3c(c2c1)N=CC1(O3)N(CC(C)(C)C)c2ccccc2C1(C)C. The second-order valence-corrected chi connectivity index (χ2v) is 10.3. The standard InChI is InChI=1S/C27H30N2O2/c1-25(2,3)17-29-22-10-8-7-9-21(22)26(4,5)27(29)16-28-24-20-15-19(30-6)13-11-18(20)12-14-23(24)31-27/h7-16H,17H2,1-6H3. The molecule has 2 aliphatic heterocycles. The van der Waals surface area contributed by atoms with Crippen LogP contribution in [-0.4, -0.2) is 25.6 Å². The molecule has 3 aromatic rings. The Labute approximate surface area is 184 Å². The number of methoxy groups -OCH3 is 1. The van der Waals surface area contributed by atoms with Gasteiger partial charge in [-0.3, -0.25) is 4.99 Å². The molecule has 1 unspecified atom stereocenters. The van der Waals surface area contributed by atoms with Crippen molar-refractivity contribution in [1.29, 1.82) is 0 Å². The third-order valence-corrected chi connectivity index (χ3v) is 6.59. The molecule has 2 heterocycles. The number of hydrogen-bond donors (Lipinski definition) is 0. The second kappa shape index (κ2) is 6.49. The van der Waals surface area contributed by atoms with Gasteiger partial charge < -0.3 is 14.4 Å². The number of anilines is 1. The van der Waals surface area contributed by atoms with Crippen molar-refractivity contribution in [3.05, 3.63) is 60.2 Å². The first-order chi connectivity index (χ1) is 14.7. The van der Waals surface area contributed by atoms with Gasteiger partial charge in [-0.2, -0.15) is 0 Å². The molecule has 31 heavy (non-hydrogen) atoms. The van der Waals surface area contributed by atoms with Gasteiger partial charge in [0, 0.05) is 17.6 Å². The van der Waals surface area contributed by atoms with Gasteiger partial charge in [-0.15, -0.1) is 0 Å². The van der Waals surface area contributed by atoms with Crippen molar-refractivity contribution in [3.8, 4) is 11.5 Å². The summed E-state index contributed by atoms with van der Waals surface area (Å²) in [5, 5.41) is 2.16. The van der Waals surface area contributed by atoms with E-state index in [9.17, 15) is 0 Å². The molecule has 0 bridgehead atoms. The van der Waals surface area contributed by atoms with E-state index in [0.29, 0.717) is 0 Å². The zero-order chi connectivity index (χ0) is 22.0. The molecule has 0 amide bonds. The Bertz CT molecular complexity index is 1210. The summed E-state index contributed by atoms with van der Waals surface area (Å²) in [5.74, 6) is 1.63. The number of ether oxygens (including phenoxy) is 2. The summed E-state index contributed by atoms with van der Waals surface area (Å²) >= 11 is 0. The molecular weight excluding hydrogens is 384 g/mol. The lowest BCUT2D eigenvalue weighted by Gasteiger charge is -2.48. The average Bonchev–Trinajstić information content (AvgIpc) is 2.91. The number of aliphatic imine (C=N–C) groups is 1. The summed E-state index contributed by atoms with van der Waals surface area (Å²) in [6.07, 6.45) is 2.03. The first-order valence-corrected chi connectivity index (χ1v) is 10.9. The monoisotopic (exact) mass is 414 g/mol. The van der Waals surface area contributed by atoms with Crippen molar-refractivity contribution in [3.63, 3.8) is 0 Å². The molecule has 0 saturated heterocycles. The van der Waals surface area contributed by atoms with Crippen LogP contribution in [0.3, 0.4) is 0 Å². The van der Waals surface area contributed by atoms with E-state index in [1.807, 2.05) is 18.3 Å². The van der Waals surface area contributed by atoms with Crippen molar-refractivity contribution in [1.82, 2.24) is 0 Å². The van der Waals surface area contributed by atoms with E-state index in [4.69, 9.17) is 14.5 Å². The van der Waals surface area contributed by atoms with Crippen LogP contribution in [0.5, 0.6) is 11.5 Å². The number of benzene rings is 3. The largest absolute Gasteiger partial charge is 0.497 e. The van der Waals surface area contributed by atoms with Crippen molar-refractivity contribution in [2.45, 2.75) is 45.8 Å². The summed E-state index contributed by atoms with van der Waals surface area (Å²) in [4.78, 5) is 7.45. The highest BCUT2D eigenvalue weighted by atomic mass is 16.5. The Kier molecular flexibility index (Phi) is 4.17. The third kappa shape index (κ3) is 2.84. The fourth-order valence-corrected chi connectivity index (χ4v) is 4.99. The van der Waals surface area contributed by atoms with Gasteiger partial charge in [0.25, 0.3) is 0 Å². The van der Waals surface area contributed by atoms with E-state index in [1.54, 1.807) is 7.11 Å². The van der Waals surface area contributed by atoms with Gasteiger partial charge in [-0.25, -0.2) is 0 Å². The van der Waals surface area contributed by atoms with Crippen LogP contribution >= 0.6 is 0 Å². The van der Waals surface area contributed by atoms with E-state index in [-0.39, 0.29) is 10.8 Å². The Morgan fingerprint density at radius 3 is 2.52 bits per heavy atom. The molecule has 1 atom stereocenters. The Morgan fingerprint density at radius 2 is 1.77 bits per heavy atom. The van der Waals surface area contributed by atoms with Gasteiger partial charge in [0.15, 0.2) is 0 Å². The maximum Gasteiger partial charge on any atom is 0.228 e. The highest BCUT2D eigenvalue weighted by molar-refractivity contribution is 6.00. The lowest BCUT2D eigenvalue weighted by atomic mass is 9.77. The summed E-state index contributed by atoms with van der Waals surface area (Å²) in [7, 11) is 1.69. The lowest BCUT2D eigenvalue weighted by molar-refractivity contribution is 0.0716. The van der Waals surface area contributed by atoms with Crippen LogP contribution in [0.2, 0.25) is 0 Å². The number of rotatable bonds is 2. The fraction of sp³-hybridized carbons (Fsp3) is 0.370. The van der Waals surface area contributed by atoms with Gasteiger partial charge in [0.1, 0.15) is 17.2 Å². The van der Waals surface area contributed by atoms with Gasteiger partial charge in [-0.1, -0.05) is 51.1 Å². The van der Waals surface area contributed by atoms with Gasteiger partial charge in [0.05, 0.1) is 18.7 Å². The summed E-state index contributed by atoms with van der Waals surface area (Å²) < 4.78 is 12.4. The molecule has 0 radical (unpaired) electrons. The first-order valence-electron chi connectivity index (χ1n) is 10.9. The molecule has 0 aliphatic carbocycles. The zero-order valence-corrected chi connectivity index (χ0v) is 19.2. The second-order valence-electron chi connectivity index (χ2n) is 10.3. The van der Waals surface area contributed by atoms with Crippen molar-refractivity contribution in [2.24, 2.45) is 10.4 Å². The van der Waals surface area contributed by atoms with E-state index in [0.717, 1.165) is 34.5 Å². The van der Waals surface area contributed by atoms with E-state index in [2.05, 4.69) is 82.0 Å². The average molecular weight is 415 g/mol. The minimum absolute atomic E-state index is 0.0920. The van der Waals surface area contributed by atoms with Crippen molar-refractivity contribution in [2.75, 3.05) is 18.6 Å². The molecule has 0 N–H and O–H groups in total.